The number of oxazole rings is 1. The number of fused-ring (bicyclic) bond motifs is 5. The van der Waals surface area contributed by atoms with E-state index in [0.717, 1.165) is 5.56 Å². The molecule has 1 aromatic carbocycles. The molecule has 0 N–H and O–H groups in total. The van der Waals surface area contributed by atoms with Crippen molar-refractivity contribution in [2.45, 2.75) is 31.4 Å². The lowest BCUT2D eigenvalue weighted by Gasteiger charge is -2.16. The molecule has 24 heavy (non-hydrogen) atoms. The molecule has 1 fully saturated rings. The molecular formula is C16H16N2O6. The van der Waals surface area contributed by atoms with Crippen molar-refractivity contribution >= 4 is 28.8 Å². The number of carbonyl (C=O) groups is 2. The number of hydrogen-bond acceptors (Lipinski definition) is 6. The molecule has 3 heterocycles. The molecule has 0 aliphatic carbocycles. The van der Waals surface area contributed by atoms with Crippen LogP contribution in [-0.4, -0.2) is 35.9 Å². The Morgan fingerprint density at radius 1 is 1.38 bits per heavy atom. The lowest BCUT2D eigenvalue weighted by atomic mass is 10.0. The normalized spacial score (nSPS) is 21.8. The number of methoxy groups -OCH3 is 1. The summed E-state index contributed by atoms with van der Waals surface area (Å²) < 4.78 is 16.8. The van der Waals surface area contributed by atoms with Crippen molar-refractivity contribution in [3.05, 3.63) is 28.2 Å². The van der Waals surface area contributed by atoms with E-state index in [1.54, 1.807) is 24.1 Å². The molecule has 2 aliphatic heterocycles. The lowest BCUT2D eigenvalue weighted by Crippen LogP contribution is -2.33. The molecule has 2 aromatic rings. The predicted octanol–water partition coefficient (Wildman–Crippen LogP) is 1.33. The molecule has 8 heteroatoms. The smallest absolute Gasteiger partial charge is 0.419 e. The van der Waals surface area contributed by atoms with Crippen molar-refractivity contribution < 1.29 is 23.5 Å². The van der Waals surface area contributed by atoms with Crippen molar-refractivity contribution in [1.29, 1.82) is 0 Å². The monoisotopic (exact) mass is 332 g/mol. The molecule has 1 aromatic heterocycles. The van der Waals surface area contributed by atoms with E-state index in [9.17, 15) is 14.4 Å². The first kappa shape index (κ1) is 14.8. The van der Waals surface area contributed by atoms with Crippen LogP contribution in [0.25, 0.3) is 11.1 Å². The molecule has 0 saturated carbocycles. The van der Waals surface area contributed by atoms with Crippen LogP contribution in [-0.2, 0) is 27.7 Å². The molecule has 2 aliphatic rings. The SMILES string of the molecule is COC(=O)CC[C@@H]1OC(=O)N2c3ccc4c(oc(=O)n4C)c3C[C@@H]12. The van der Waals surface area contributed by atoms with E-state index in [4.69, 9.17) is 9.15 Å². The highest BCUT2D eigenvalue weighted by Crippen LogP contribution is 2.42. The average Bonchev–Trinajstić information content (AvgIpc) is 3.18. The van der Waals surface area contributed by atoms with Crippen LogP contribution in [0.3, 0.4) is 0 Å². The van der Waals surface area contributed by atoms with Crippen LogP contribution < -0.4 is 10.7 Å². The summed E-state index contributed by atoms with van der Waals surface area (Å²) in [5.41, 5.74) is 2.73. The van der Waals surface area contributed by atoms with Crippen LogP contribution in [0, 0.1) is 0 Å². The van der Waals surface area contributed by atoms with Gasteiger partial charge in [-0.05, 0) is 18.6 Å². The van der Waals surface area contributed by atoms with Crippen molar-refractivity contribution in [3.8, 4) is 0 Å². The molecule has 1 amide bonds. The van der Waals surface area contributed by atoms with E-state index in [1.807, 2.05) is 0 Å². The van der Waals surface area contributed by atoms with E-state index in [2.05, 4.69) is 4.74 Å². The second-order valence-corrected chi connectivity index (χ2v) is 6.02. The zero-order valence-corrected chi connectivity index (χ0v) is 13.3. The third-order valence-electron chi connectivity index (χ3n) is 4.78. The molecule has 0 unspecified atom stereocenters. The quantitative estimate of drug-likeness (QED) is 0.788. The van der Waals surface area contributed by atoms with Crippen LogP contribution >= 0.6 is 0 Å². The Kier molecular flexibility index (Phi) is 3.16. The van der Waals surface area contributed by atoms with Gasteiger partial charge in [0.2, 0.25) is 0 Å². The molecule has 4 rings (SSSR count). The van der Waals surface area contributed by atoms with Gasteiger partial charge in [0.1, 0.15) is 6.10 Å². The molecular weight excluding hydrogens is 316 g/mol. The number of cyclic esters (lactones) is 1. The zero-order valence-electron chi connectivity index (χ0n) is 13.3. The Balaban J connectivity index is 1.70. The van der Waals surface area contributed by atoms with Gasteiger partial charge in [0, 0.05) is 25.5 Å². The van der Waals surface area contributed by atoms with E-state index in [-0.39, 0.29) is 18.4 Å². The fraction of sp³-hybridized carbons (Fsp3) is 0.438. The fourth-order valence-electron chi connectivity index (χ4n) is 3.55. The number of anilines is 1. The van der Waals surface area contributed by atoms with E-state index in [1.165, 1.54) is 11.7 Å². The number of amides is 1. The maximum atomic E-state index is 12.2. The molecule has 0 spiro atoms. The van der Waals surface area contributed by atoms with Gasteiger partial charge in [-0.2, -0.15) is 0 Å². The minimum atomic E-state index is -0.439. The molecule has 8 nitrogen and oxygen atoms in total. The molecule has 2 atom stereocenters. The van der Waals surface area contributed by atoms with Crippen LogP contribution in [0.5, 0.6) is 0 Å². The summed E-state index contributed by atoms with van der Waals surface area (Å²) in [6.45, 7) is 0. The van der Waals surface area contributed by atoms with Gasteiger partial charge in [-0.15, -0.1) is 0 Å². The highest BCUT2D eigenvalue weighted by atomic mass is 16.6. The summed E-state index contributed by atoms with van der Waals surface area (Å²) in [7, 11) is 2.97. The van der Waals surface area contributed by atoms with Gasteiger partial charge >= 0.3 is 17.8 Å². The fourth-order valence-corrected chi connectivity index (χ4v) is 3.55. The van der Waals surface area contributed by atoms with Gasteiger partial charge in [-0.3, -0.25) is 14.3 Å². The van der Waals surface area contributed by atoms with Gasteiger partial charge in [-0.25, -0.2) is 9.59 Å². The number of carbonyl (C=O) groups excluding carboxylic acids is 2. The maximum Gasteiger partial charge on any atom is 0.419 e. The van der Waals surface area contributed by atoms with Crippen LogP contribution in [0.2, 0.25) is 0 Å². The van der Waals surface area contributed by atoms with Crippen molar-refractivity contribution in [3.63, 3.8) is 0 Å². The number of hydrogen-bond donors (Lipinski definition) is 0. The van der Waals surface area contributed by atoms with Gasteiger partial charge in [0.05, 0.1) is 24.4 Å². The zero-order chi connectivity index (χ0) is 17.0. The maximum absolute atomic E-state index is 12.2. The number of esters is 1. The summed E-state index contributed by atoms with van der Waals surface area (Å²) in [5.74, 6) is -0.772. The Bertz CT molecular complexity index is 911. The Morgan fingerprint density at radius 3 is 2.92 bits per heavy atom. The van der Waals surface area contributed by atoms with Crippen molar-refractivity contribution in [2.75, 3.05) is 12.0 Å². The second kappa shape index (κ2) is 5.12. The van der Waals surface area contributed by atoms with E-state index >= 15 is 0 Å². The summed E-state index contributed by atoms with van der Waals surface area (Å²) in [6.07, 6.45) is 0.276. The van der Waals surface area contributed by atoms with Gasteiger partial charge in [-0.1, -0.05) is 0 Å². The topological polar surface area (TPSA) is 91.0 Å². The highest BCUT2D eigenvalue weighted by molar-refractivity contribution is 5.98. The van der Waals surface area contributed by atoms with E-state index < -0.39 is 18.0 Å². The van der Waals surface area contributed by atoms with Crippen molar-refractivity contribution in [2.24, 2.45) is 7.05 Å². The van der Waals surface area contributed by atoms with Gasteiger partial charge in [0.25, 0.3) is 0 Å². The highest BCUT2D eigenvalue weighted by Gasteiger charge is 2.48. The summed E-state index contributed by atoms with van der Waals surface area (Å²) in [5, 5.41) is 0. The standard InChI is InChI=1S/C16H16N2O6/c1-17-10-4-3-9-8(14(10)24-15(17)20)7-11-12(5-6-13(19)22-2)23-16(21)18(9)11/h3-4,11-12H,5-7H2,1-2H3/t11-,12-/m0/s1. The molecule has 126 valence electrons. The number of aromatic nitrogens is 1. The Labute approximate surface area is 136 Å². The Hall–Kier alpha value is -2.77. The molecule has 0 radical (unpaired) electrons. The third-order valence-corrected chi connectivity index (χ3v) is 4.78. The second-order valence-electron chi connectivity index (χ2n) is 6.02. The minimum Gasteiger partial charge on any atom is -0.469 e. The first-order valence-electron chi connectivity index (χ1n) is 7.69. The number of rotatable bonds is 3. The summed E-state index contributed by atoms with van der Waals surface area (Å²) in [4.78, 5) is 36.9. The first-order valence-corrected chi connectivity index (χ1v) is 7.69. The van der Waals surface area contributed by atoms with Crippen LogP contribution in [0.4, 0.5) is 10.5 Å². The van der Waals surface area contributed by atoms with Gasteiger partial charge in [0.15, 0.2) is 5.58 Å². The molecule has 0 bridgehead atoms. The van der Waals surface area contributed by atoms with E-state index in [0.29, 0.717) is 29.6 Å². The number of nitrogens with zero attached hydrogens (tertiary/aromatic N) is 2. The van der Waals surface area contributed by atoms with Crippen LogP contribution in [0.1, 0.15) is 18.4 Å². The average molecular weight is 332 g/mol. The number of ether oxygens (including phenoxy) is 2. The summed E-state index contributed by atoms with van der Waals surface area (Å²) in [6, 6.07) is 3.36. The first-order chi connectivity index (χ1) is 11.5. The van der Waals surface area contributed by atoms with Crippen molar-refractivity contribution in [1.82, 2.24) is 4.57 Å². The lowest BCUT2D eigenvalue weighted by molar-refractivity contribution is -0.141. The number of aryl methyl sites for hydroxylation is 1. The van der Waals surface area contributed by atoms with Crippen LogP contribution in [0.15, 0.2) is 21.3 Å². The summed E-state index contributed by atoms with van der Waals surface area (Å²) >= 11 is 0. The minimum absolute atomic E-state index is 0.185. The molecule has 1 saturated heterocycles. The predicted molar refractivity (Wildman–Crippen MR) is 82.9 cm³/mol. The number of benzene rings is 1. The largest absolute Gasteiger partial charge is 0.469 e. The van der Waals surface area contributed by atoms with Gasteiger partial charge < -0.3 is 13.9 Å². The Morgan fingerprint density at radius 2 is 2.17 bits per heavy atom. The third kappa shape index (κ3) is 1.95.